The maximum Gasteiger partial charge on any atom is 0.240 e. The van der Waals surface area contributed by atoms with E-state index in [0.29, 0.717) is 11.7 Å². The summed E-state index contributed by atoms with van der Waals surface area (Å²) in [5.41, 5.74) is 2.64. The smallest absolute Gasteiger partial charge is 0.240 e. The number of nitrogens with one attached hydrogen (secondary N) is 1. The Labute approximate surface area is 140 Å². The lowest BCUT2D eigenvalue weighted by molar-refractivity contribution is -0.118. The number of aliphatic hydroxyl groups is 1. The number of carbonyl (C=O) groups excluding carboxylic acids is 1. The Hall–Kier alpha value is -1.76. The second kappa shape index (κ2) is 7.68. The van der Waals surface area contributed by atoms with Crippen LogP contribution in [0.25, 0.3) is 0 Å². The Bertz CT molecular complexity index is 645. The Morgan fingerprint density at radius 1 is 1.43 bits per heavy atom. The van der Waals surface area contributed by atoms with Crippen LogP contribution in [0.4, 0.5) is 5.13 Å². The molecule has 23 heavy (non-hydrogen) atoms. The first-order valence-electron chi connectivity index (χ1n) is 7.90. The average molecular weight is 331 g/mol. The minimum atomic E-state index is -0.0866. The molecule has 1 heterocycles. The molecule has 122 valence electrons. The van der Waals surface area contributed by atoms with Crippen LogP contribution < -0.4 is 5.32 Å². The van der Waals surface area contributed by atoms with Crippen LogP contribution in [0.5, 0.6) is 0 Å². The zero-order valence-electron chi connectivity index (χ0n) is 12.9. The SMILES string of the molecule is O=C(CN(CCO)C1CCCc2ccccc21)Nc1nccs1. The van der Waals surface area contributed by atoms with E-state index in [-0.39, 0.29) is 25.1 Å². The normalized spacial score (nSPS) is 17.0. The van der Waals surface area contributed by atoms with Crippen molar-refractivity contribution in [3.8, 4) is 0 Å². The molecule has 1 amide bonds. The molecule has 0 spiro atoms. The predicted octanol–water partition coefficient (Wildman–Crippen LogP) is 2.45. The van der Waals surface area contributed by atoms with E-state index < -0.39 is 0 Å². The molecule has 0 bridgehead atoms. The fourth-order valence-electron chi connectivity index (χ4n) is 3.21. The highest BCUT2D eigenvalue weighted by molar-refractivity contribution is 7.13. The highest BCUT2D eigenvalue weighted by atomic mass is 32.1. The maximum absolute atomic E-state index is 12.3. The van der Waals surface area contributed by atoms with Crippen LogP contribution in [-0.2, 0) is 11.2 Å². The Morgan fingerprint density at radius 3 is 3.09 bits per heavy atom. The molecule has 0 radical (unpaired) electrons. The number of carbonyl (C=O) groups is 1. The minimum absolute atomic E-state index is 0.0448. The van der Waals surface area contributed by atoms with Crippen molar-refractivity contribution >= 4 is 22.4 Å². The van der Waals surface area contributed by atoms with E-state index in [4.69, 9.17) is 0 Å². The van der Waals surface area contributed by atoms with Gasteiger partial charge in [0.15, 0.2) is 5.13 Å². The number of nitrogens with zero attached hydrogens (tertiary/aromatic N) is 2. The fourth-order valence-corrected chi connectivity index (χ4v) is 3.75. The summed E-state index contributed by atoms with van der Waals surface area (Å²) in [7, 11) is 0. The molecule has 1 unspecified atom stereocenters. The van der Waals surface area contributed by atoms with Crippen molar-refractivity contribution in [1.29, 1.82) is 0 Å². The van der Waals surface area contributed by atoms with Crippen LogP contribution >= 0.6 is 11.3 Å². The number of aromatic nitrogens is 1. The van der Waals surface area contributed by atoms with Crippen molar-refractivity contribution in [2.45, 2.75) is 25.3 Å². The molecule has 1 aliphatic carbocycles. The number of thiazole rings is 1. The van der Waals surface area contributed by atoms with Gasteiger partial charge < -0.3 is 10.4 Å². The van der Waals surface area contributed by atoms with Crippen LogP contribution in [0, 0.1) is 0 Å². The summed E-state index contributed by atoms with van der Waals surface area (Å²) in [6.07, 6.45) is 4.88. The van der Waals surface area contributed by atoms with Crippen molar-refractivity contribution in [3.05, 3.63) is 47.0 Å². The van der Waals surface area contributed by atoms with Crippen molar-refractivity contribution in [1.82, 2.24) is 9.88 Å². The number of fused-ring (bicyclic) bond motifs is 1. The topological polar surface area (TPSA) is 65.5 Å². The largest absolute Gasteiger partial charge is 0.395 e. The number of rotatable bonds is 6. The van der Waals surface area contributed by atoms with Crippen molar-refractivity contribution in [2.24, 2.45) is 0 Å². The third-order valence-corrected chi connectivity index (χ3v) is 4.88. The number of hydrogen-bond acceptors (Lipinski definition) is 5. The molecule has 0 fully saturated rings. The van der Waals surface area contributed by atoms with Crippen LogP contribution in [-0.4, -0.2) is 40.6 Å². The fraction of sp³-hybridized carbons (Fsp3) is 0.412. The lowest BCUT2D eigenvalue weighted by Gasteiger charge is -2.35. The van der Waals surface area contributed by atoms with Gasteiger partial charge in [0, 0.05) is 24.2 Å². The molecule has 1 atom stereocenters. The van der Waals surface area contributed by atoms with Gasteiger partial charge in [-0.25, -0.2) is 4.98 Å². The van der Waals surface area contributed by atoms with Crippen LogP contribution in [0.3, 0.4) is 0 Å². The van der Waals surface area contributed by atoms with E-state index in [1.807, 2.05) is 11.4 Å². The summed E-state index contributed by atoms with van der Waals surface area (Å²) < 4.78 is 0. The third-order valence-electron chi connectivity index (χ3n) is 4.19. The number of benzene rings is 1. The maximum atomic E-state index is 12.3. The molecule has 1 aromatic heterocycles. The quantitative estimate of drug-likeness (QED) is 0.853. The van der Waals surface area contributed by atoms with E-state index >= 15 is 0 Å². The molecule has 2 aromatic rings. The summed E-state index contributed by atoms with van der Waals surface area (Å²) in [6, 6.07) is 8.60. The molecular weight excluding hydrogens is 310 g/mol. The Balaban J connectivity index is 1.73. The lowest BCUT2D eigenvalue weighted by atomic mass is 9.87. The molecule has 3 rings (SSSR count). The van der Waals surface area contributed by atoms with Gasteiger partial charge in [-0.15, -0.1) is 11.3 Å². The van der Waals surface area contributed by atoms with Crippen molar-refractivity contribution < 1.29 is 9.90 Å². The van der Waals surface area contributed by atoms with Gasteiger partial charge in [-0.1, -0.05) is 24.3 Å². The second-order valence-electron chi connectivity index (χ2n) is 5.69. The minimum Gasteiger partial charge on any atom is -0.395 e. The molecule has 5 nitrogen and oxygen atoms in total. The Morgan fingerprint density at radius 2 is 2.30 bits per heavy atom. The Kier molecular flexibility index (Phi) is 5.38. The molecule has 6 heteroatoms. The molecule has 1 aliphatic rings. The number of aliphatic hydroxyl groups excluding tert-OH is 1. The third kappa shape index (κ3) is 3.96. The summed E-state index contributed by atoms with van der Waals surface area (Å²) in [6.45, 7) is 0.798. The number of aryl methyl sites for hydroxylation is 1. The highest BCUT2D eigenvalue weighted by Crippen LogP contribution is 2.33. The van der Waals surface area contributed by atoms with E-state index in [1.165, 1.54) is 22.5 Å². The molecule has 0 saturated heterocycles. The zero-order valence-corrected chi connectivity index (χ0v) is 13.8. The summed E-state index contributed by atoms with van der Waals surface area (Å²) in [5, 5.41) is 14.7. The van der Waals surface area contributed by atoms with Crippen molar-refractivity contribution in [2.75, 3.05) is 25.0 Å². The van der Waals surface area contributed by atoms with Gasteiger partial charge >= 0.3 is 0 Å². The first kappa shape index (κ1) is 16.1. The van der Waals surface area contributed by atoms with Gasteiger partial charge in [-0.3, -0.25) is 9.69 Å². The standard InChI is InChI=1S/C17H21N3O2S/c21-10-9-20(12-16(22)19-17-18-8-11-23-17)15-7-3-5-13-4-1-2-6-14(13)15/h1-2,4,6,8,11,15,21H,3,5,7,9-10,12H2,(H,18,19,22). The molecular formula is C17H21N3O2S. The van der Waals surface area contributed by atoms with Gasteiger partial charge in [-0.05, 0) is 30.4 Å². The molecule has 2 N–H and O–H groups in total. The molecule has 1 aromatic carbocycles. The van der Waals surface area contributed by atoms with Crippen LogP contribution in [0.1, 0.15) is 30.0 Å². The summed E-state index contributed by atoms with van der Waals surface area (Å²) in [4.78, 5) is 18.4. The van der Waals surface area contributed by atoms with Gasteiger partial charge in [-0.2, -0.15) is 0 Å². The van der Waals surface area contributed by atoms with E-state index in [2.05, 4.69) is 33.4 Å². The predicted molar refractivity (Wildman–Crippen MR) is 91.5 cm³/mol. The number of hydrogen-bond donors (Lipinski definition) is 2. The van der Waals surface area contributed by atoms with Crippen LogP contribution in [0.15, 0.2) is 35.8 Å². The van der Waals surface area contributed by atoms with Crippen molar-refractivity contribution in [3.63, 3.8) is 0 Å². The second-order valence-corrected chi connectivity index (χ2v) is 6.58. The number of anilines is 1. The van der Waals surface area contributed by atoms with Gasteiger partial charge in [0.25, 0.3) is 0 Å². The highest BCUT2D eigenvalue weighted by Gasteiger charge is 2.26. The molecule has 0 aliphatic heterocycles. The van der Waals surface area contributed by atoms with Crippen LogP contribution in [0.2, 0.25) is 0 Å². The van der Waals surface area contributed by atoms with E-state index in [9.17, 15) is 9.90 Å². The van der Waals surface area contributed by atoms with Gasteiger partial charge in [0.2, 0.25) is 5.91 Å². The summed E-state index contributed by atoms with van der Waals surface area (Å²) in [5.74, 6) is -0.0866. The zero-order chi connectivity index (χ0) is 16.1. The van der Waals surface area contributed by atoms with Gasteiger partial charge in [0.1, 0.15) is 0 Å². The lowest BCUT2D eigenvalue weighted by Crippen LogP contribution is -2.39. The first-order chi connectivity index (χ1) is 11.3. The molecule has 0 saturated carbocycles. The average Bonchev–Trinajstić information content (AvgIpc) is 3.07. The number of amides is 1. The first-order valence-corrected chi connectivity index (χ1v) is 8.78. The summed E-state index contributed by atoms with van der Waals surface area (Å²) >= 11 is 1.40. The monoisotopic (exact) mass is 331 g/mol. The van der Waals surface area contributed by atoms with E-state index in [0.717, 1.165) is 19.3 Å². The van der Waals surface area contributed by atoms with Gasteiger partial charge in [0.05, 0.1) is 13.2 Å². The van der Waals surface area contributed by atoms with E-state index in [1.54, 1.807) is 6.20 Å².